The van der Waals surface area contributed by atoms with Crippen LogP contribution in [0, 0.1) is 0 Å². The number of benzene rings is 2. The summed E-state index contributed by atoms with van der Waals surface area (Å²) in [5.41, 5.74) is 11.3. The molecule has 0 radical (unpaired) electrons. The van der Waals surface area contributed by atoms with E-state index in [-0.39, 0.29) is 5.96 Å². The first-order chi connectivity index (χ1) is 11.1. The van der Waals surface area contributed by atoms with Crippen LogP contribution < -0.4 is 11.2 Å². The number of hydrogen-bond acceptors (Lipinski definition) is 2. The highest BCUT2D eigenvalue weighted by atomic mass is 35.5. The van der Waals surface area contributed by atoms with E-state index in [1.165, 1.54) is 0 Å². The predicted octanol–water partition coefficient (Wildman–Crippen LogP) is 4.73. The third kappa shape index (κ3) is 5.58. The van der Waals surface area contributed by atoms with Gasteiger partial charge in [0.15, 0.2) is 0 Å². The standard InChI is InChI=1S/C17H18Cl2N4/c1-2-3-16(12-4-6-13(18)7-5-12)22-23-17(20)21-15-10-8-14(19)9-11-15/h4-11H,2-3H2,1H3,(H3,20,21,23)/b22-16+. The zero-order valence-corrected chi connectivity index (χ0v) is 14.3. The highest BCUT2D eigenvalue weighted by Crippen LogP contribution is 2.16. The summed E-state index contributed by atoms with van der Waals surface area (Å²) in [7, 11) is 0. The molecule has 2 aromatic carbocycles. The molecule has 0 aromatic heterocycles. The minimum absolute atomic E-state index is 0.217. The van der Waals surface area contributed by atoms with Gasteiger partial charge in [0.25, 0.3) is 0 Å². The molecule has 2 aromatic rings. The highest BCUT2D eigenvalue weighted by Gasteiger charge is 2.03. The molecule has 4 nitrogen and oxygen atoms in total. The van der Waals surface area contributed by atoms with Gasteiger partial charge < -0.3 is 5.73 Å². The van der Waals surface area contributed by atoms with Crippen molar-refractivity contribution in [1.29, 1.82) is 0 Å². The number of nitrogens with zero attached hydrogens (tertiary/aromatic N) is 2. The molecule has 23 heavy (non-hydrogen) atoms. The quantitative estimate of drug-likeness (QED) is 0.465. The van der Waals surface area contributed by atoms with E-state index in [9.17, 15) is 0 Å². The first kappa shape index (κ1) is 17.3. The van der Waals surface area contributed by atoms with Crippen LogP contribution in [-0.2, 0) is 0 Å². The minimum Gasteiger partial charge on any atom is -0.368 e. The van der Waals surface area contributed by atoms with E-state index in [4.69, 9.17) is 28.9 Å². The SMILES string of the molecule is CCC/C(=N\NC(N)=Nc1ccc(Cl)cc1)c1ccc(Cl)cc1. The lowest BCUT2D eigenvalue weighted by Gasteiger charge is -2.07. The highest BCUT2D eigenvalue weighted by molar-refractivity contribution is 6.31. The largest absolute Gasteiger partial charge is 0.368 e. The molecule has 0 fully saturated rings. The van der Waals surface area contributed by atoms with Gasteiger partial charge in [-0.3, -0.25) is 0 Å². The van der Waals surface area contributed by atoms with Crippen molar-refractivity contribution in [2.24, 2.45) is 15.8 Å². The van der Waals surface area contributed by atoms with Crippen LogP contribution in [0.3, 0.4) is 0 Å². The lowest BCUT2D eigenvalue weighted by Crippen LogP contribution is -2.28. The van der Waals surface area contributed by atoms with Crippen LogP contribution in [0.4, 0.5) is 5.69 Å². The smallest absolute Gasteiger partial charge is 0.214 e. The Morgan fingerprint density at radius 1 is 1.00 bits per heavy atom. The second-order valence-corrected chi connectivity index (χ2v) is 5.77. The van der Waals surface area contributed by atoms with E-state index in [2.05, 4.69) is 22.4 Å². The number of rotatable bonds is 5. The fourth-order valence-electron chi connectivity index (χ4n) is 1.95. The van der Waals surface area contributed by atoms with Crippen LogP contribution >= 0.6 is 23.2 Å². The number of nitrogens with two attached hydrogens (primary N) is 1. The van der Waals surface area contributed by atoms with Crippen molar-refractivity contribution < 1.29 is 0 Å². The second-order valence-electron chi connectivity index (χ2n) is 4.90. The molecule has 0 aliphatic carbocycles. The fraction of sp³-hybridized carbons (Fsp3) is 0.176. The summed E-state index contributed by atoms with van der Waals surface area (Å²) in [6, 6.07) is 14.6. The number of aliphatic imine (C=N–C) groups is 1. The number of halogens is 2. The molecule has 3 N–H and O–H groups in total. The molecule has 0 bridgehead atoms. The van der Waals surface area contributed by atoms with Crippen LogP contribution in [0.25, 0.3) is 0 Å². The average Bonchev–Trinajstić information content (AvgIpc) is 2.54. The predicted molar refractivity (Wildman–Crippen MR) is 98.8 cm³/mol. The van der Waals surface area contributed by atoms with Crippen molar-refractivity contribution >= 4 is 40.6 Å². The lowest BCUT2D eigenvalue weighted by atomic mass is 10.1. The molecule has 2 rings (SSSR count). The first-order valence-corrected chi connectivity index (χ1v) is 8.02. The molecule has 0 unspecified atom stereocenters. The Bertz CT molecular complexity index is 692. The van der Waals surface area contributed by atoms with Crippen LogP contribution in [0.1, 0.15) is 25.3 Å². The molecular formula is C17H18Cl2N4. The summed E-state index contributed by atoms with van der Waals surface area (Å²) < 4.78 is 0. The molecule has 0 saturated heterocycles. The third-order valence-electron chi connectivity index (χ3n) is 3.05. The fourth-order valence-corrected chi connectivity index (χ4v) is 2.20. The second kappa shape index (κ2) is 8.56. The van der Waals surface area contributed by atoms with E-state index in [1.807, 2.05) is 24.3 Å². The van der Waals surface area contributed by atoms with Gasteiger partial charge in [-0.05, 0) is 48.4 Å². The molecule has 0 saturated carbocycles. The van der Waals surface area contributed by atoms with Gasteiger partial charge in [-0.15, -0.1) is 0 Å². The monoisotopic (exact) mass is 348 g/mol. The molecule has 0 spiro atoms. The molecule has 0 heterocycles. The number of hydrazone groups is 1. The Morgan fingerprint density at radius 3 is 2.13 bits per heavy atom. The van der Waals surface area contributed by atoms with E-state index in [0.717, 1.165) is 24.1 Å². The molecular weight excluding hydrogens is 331 g/mol. The maximum absolute atomic E-state index is 5.92. The molecule has 0 aliphatic heterocycles. The van der Waals surface area contributed by atoms with E-state index < -0.39 is 0 Å². The van der Waals surface area contributed by atoms with Gasteiger partial charge in [0.2, 0.25) is 5.96 Å². The molecule has 0 atom stereocenters. The van der Waals surface area contributed by atoms with Crippen molar-refractivity contribution in [3.8, 4) is 0 Å². The lowest BCUT2D eigenvalue weighted by molar-refractivity contribution is 0.943. The van der Waals surface area contributed by atoms with Crippen molar-refractivity contribution in [1.82, 2.24) is 5.43 Å². The minimum atomic E-state index is 0.217. The van der Waals surface area contributed by atoms with Gasteiger partial charge in [-0.25, -0.2) is 10.4 Å². The summed E-state index contributed by atoms with van der Waals surface area (Å²) in [5.74, 6) is 0.217. The molecule has 0 aliphatic rings. The summed E-state index contributed by atoms with van der Waals surface area (Å²) >= 11 is 11.8. The molecule has 6 heteroatoms. The summed E-state index contributed by atoms with van der Waals surface area (Å²) in [6.07, 6.45) is 1.79. The topological polar surface area (TPSA) is 62.8 Å². The van der Waals surface area contributed by atoms with Crippen LogP contribution in [-0.4, -0.2) is 11.7 Å². The first-order valence-electron chi connectivity index (χ1n) is 7.26. The summed E-state index contributed by atoms with van der Waals surface area (Å²) in [5, 5.41) is 5.72. The zero-order chi connectivity index (χ0) is 16.7. The van der Waals surface area contributed by atoms with Crippen LogP contribution in [0.5, 0.6) is 0 Å². The van der Waals surface area contributed by atoms with Gasteiger partial charge >= 0.3 is 0 Å². The maximum Gasteiger partial charge on any atom is 0.214 e. The Kier molecular flexibility index (Phi) is 6.44. The van der Waals surface area contributed by atoms with Crippen molar-refractivity contribution in [2.45, 2.75) is 19.8 Å². The van der Waals surface area contributed by atoms with Crippen molar-refractivity contribution in [2.75, 3.05) is 0 Å². The summed E-state index contributed by atoms with van der Waals surface area (Å²) in [6.45, 7) is 2.09. The normalized spacial score (nSPS) is 12.3. The Morgan fingerprint density at radius 2 is 1.57 bits per heavy atom. The van der Waals surface area contributed by atoms with Gasteiger partial charge in [0.05, 0.1) is 11.4 Å². The van der Waals surface area contributed by atoms with E-state index in [1.54, 1.807) is 24.3 Å². The Balaban J connectivity index is 2.13. The van der Waals surface area contributed by atoms with Gasteiger partial charge in [0, 0.05) is 10.0 Å². The average molecular weight is 349 g/mol. The number of hydrogen-bond donors (Lipinski definition) is 2. The zero-order valence-electron chi connectivity index (χ0n) is 12.8. The summed E-state index contributed by atoms with van der Waals surface area (Å²) in [4.78, 5) is 4.24. The number of guanidine groups is 1. The van der Waals surface area contributed by atoms with Crippen LogP contribution in [0.2, 0.25) is 10.0 Å². The van der Waals surface area contributed by atoms with E-state index >= 15 is 0 Å². The van der Waals surface area contributed by atoms with Gasteiger partial charge in [-0.1, -0.05) is 48.7 Å². The van der Waals surface area contributed by atoms with Crippen LogP contribution in [0.15, 0.2) is 58.6 Å². The van der Waals surface area contributed by atoms with E-state index in [0.29, 0.717) is 15.7 Å². The maximum atomic E-state index is 5.92. The van der Waals surface area contributed by atoms with Crippen molar-refractivity contribution in [3.63, 3.8) is 0 Å². The van der Waals surface area contributed by atoms with Gasteiger partial charge in [-0.2, -0.15) is 5.10 Å². The Labute approximate surface area is 146 Å². The van der Waals surface area contributed by atoms with Gasteiger partial charge in [0.1, 0.15) is 0 Å². The van der Waals surface area contributed by atoms with Crippen molar-refractivity contribution in [3.05, 3.63) is 64.1 Å². The molecule has 0 amide bonds. The number of nitrogens with one attached hydrogen (secondary N) is 1. The Hall–Kier alpha value is -2.04. The third-order valence-corrected chi connectivity index (χ3v) is 3.55. The molecule has 120 valence electrons.